The second-order valence-electron chi connectivity index (χ2n) is 5.50. The number of benzene rings is 1. The molecule has 0 aliphatic rings. The smallest absolute Gasteiger partial charge is 0.122 e. The molecule has 1 N–H and O–H groups in total. The van der Waals surface area contributed by atoms with E-state index < -0.39 is 0 Å². The topological polar surface area (TPSA) is 21.3 Å². The highest BCUT2D eigenvalue weighted by molar-refractivity contribution is 5.35. The van der Waals surface area contributed by atoms with Crippen LogP contribution in [0.2, 0.25) is 0 Å². The van der Waals surface area contributed by atoms with Gasteiger partial charge in [0.2, 0.25) is 0 Å². The van der Waals surface area contributed by atoms with E-state index in [0.29, 0.717) is 0 Å². The molecule has 1 aromatic carbocycles. The maximum absolute atomic E-state index is 5.91. The number of nitrogens with one attached hydrogen (secondary N) is 1. The second-order valence-corrected chi connectivity index (χ2v) is 5.50. The van der Waals surface area contributed by atoms with Crippen LogP contribution >= 0.6 is 0 Å². The summed E-state index contributed by atoms with van der Waals surface area (Å²) in [5.74, 6) is 1.00. The molecule has 0 amide bonds. The molecule has 0 saturated heterocycles. The van der Waals surface area contributed by atoms with Crippen molar-refractivity contribution in [2.24, 2.45) is 5.41 Å². The summed E-state index contributed by atoms with van der Waals surface area (Å²) in [5.41, 5.74) is 2.65. The predicted octanol–water partition coefficient (Wildman–Crippen LogP) is 3.32. The van der Waals surface area contributed by atoms with Crippen molar-refractivity contribution in [3.05, 3.63) is 29.3 Å². The van der Waals surface area contributed by atoms with Crippen LogP contribution in [0.5, 0.6) is 5.75 Å². The van der Waals surface area contributed by atoms with Crippen molar-refractivity contribution < 1.29 is 4.74 Å². The van der Waals surface area contributed by atoms with Crippen LogP contribution in [-0.2, 0) is 0 Å². The van der Waals surface area contributed by atoms with E-state index in [1.54, 1.807) is 0 Å². The Morgan fingerprint density at radius 3 is 2.53 bits per heavy atom. The summed E-state index contributed by atoms with van der Waals surface area (Å²) in [5, 5.41) is 3.37. The zero-order valence-corrected chi connectivity index (χ0v) is 11.8. The van der Waals surface area contributed by atoms with Gasteiger partial charge in [-0.25, -0.2) is 0 Å². The Balaban J connectivity index is 2.54. The largest absolute Gasteiger partial charge is 0.493 e. The zero-order valence-electron chi connectivity index (χ0n) is 11.8. The van der Waals surface area contributed by atoms with E-state index in [0.717, 1.165) is 25.4 Å². The number of ether oxygens (including phenoxy) is 1. The van der Waals surface area contributed by atoms with Crippen molar-refractivity contribution in [2.45, 2.75) is 34.6 Å². The first kappa shape index (κ1) is 14.0. The third-order valence-electron chi connectivity index (χ3n) is 2.80. The van der Waals surface area contributed by atoms with Crippen molar-refractivity contribution in [2.75, 3.05) is 19.7 Å². The Labute approximate surface area is 105 Å². The Bertz CT molecular complexity index is 358. The van der Waals surface area contributed by atoms with Crippen LogP contribution in [0, 0.1) is 19.3 Å². The summed E-state index contributed by atoms with van der Waals surface area (Å²) in [6.45, 7) is 13.5. The molecule has 0 heterocycles. The first-order chi connectivity index (χ1) is 7.94. The van der Waals surface area contributed by atoms with Gasteiger partial charge in [0.1, 0.15) is 5.75 Å². The third kappa shape index (κ3) is 4.78. The minimum atomic E-state index is 0.160. The minimum absolute atomic E-state index is 0.160. The molecule has 0 radical (unpaired) electrons. The second kappa shape index (κ2) is 6.06. The molecular formula is C15H25NO. The zero-order chi connectivity index (χ0) is 12.9. The van der Waals surface area contributed by atoms with Crippen LogP contribution in [0.4, 0.5) is 0 Å². The van der Waals surface area contributed by atoms with Gasteiger partial charge in [-0.3, -0.25) is 0 Å². The summed E-state index contributed by atoms with van der Waals surface area (Å²) in [7, 11) is 0. The molecule has 1 aromatic rings. The van der Waals surface area contributed by atoms with E-state index in [1.165, 1.54) is 11.1 Å². The molecule has 0 bridgehead atoms. The highest BCUT2D eigenvalue weighted by Crippen LogP contribution is 2.22. The molecule has 17 heavy (non-hydrogen) atoms. The molecule has 0 atom stereocenters. The fourth-order valence-corrected chi connectivity index (χ4v) is 1.75. The predicted molar refractivity (Wildman–Crippen MR) is 73.7 cm³/mol. The summed E-state index contributed by atoms with van der Waals surface area (Å²) in [6, 6.07) is 6.32. The first-order valence-electron chi connectivity index (χ1n) is 6.35. The van der Waals surface area contributed by atoms with Gasteiger partial charge in [0.05, 0.1) is 6.61 Å². The highest BCUT2D eigenvalue weighted by Gasteiger charge is 2.18. The van der Waals surface area contributed by atoms with Gasteiger partial charge in [0.25, 0.3) is 0 Å². The molecule has 96 valence electrons. The van der Waals surface area contributed by atoms with Gasteiger partial charge >= 0.3 is 0 Å². The van der Waals surface area contributed by atoms with Gasteiger partial charge in [0.15, 0.2) is 0 Å². The monoisotopic (exact) mass is 235 g/mol. The fraction of sp³-hybridized carbons (Fsp3) is 0.600. The lowest BCUT2D eigenvalue weighted by atomic mass is 9.95. The lowest BCUT2D eigenvalue weighted by molar-refractivity contribution is 0.176. The van der Waals surface area contributed by atoms with E-state index in [1.807, 2.05) is 0 Å². The van der Waals surface area contributed by atoms with Crippen LogP contribution in [-0.4, -0.2) is 19.7 Å². The molecule has 0 aromatic heterocycles. The lowest BCUT2D eigenvalue weighted by Gasteiger charge is -2.25. The molecule has 0 spiro atoms. The number of aryl methyl sites for hydroxylation is 2. The Morgan fingerprint density at radius 1 is 1.24 bits per heavy atom. The number of rotatable bonds is 6. The normalized spacial score (nSPS) is 11.6. The van der Waals surface area contributed by atoms with Crippen molar-refractivity contribution in [3.63, 3.8) is 0 Å². The van der Waals surface area contributed by atoms with Gasteiger partial charge in [-0.1, -0.05) is 38.5 Å². The van der Waals surface area contributed by atoms with Crippen molar-refractivity contribution >= 4 is 0 Å². The Kier molecular flexibility index (Phi) is 5.01. The molecule has 2 heteroatoms. The lowest BCUT2D eigenvalue weighted by Crippen LogP contribution is -2.34. The maximum atomic E-state index is 5.91. The average molecular weight is 235 g/mol. The van der Waals surface area contributed by atoms with Gasteiger partial charge in [-0.15, -0.1) is 0 Å². The number of hydrogen-bond donors (Lipinski definition) is 1. The standard InChI is InChI=1S/C15H25NO/c1-6-16-10-15(4,5)11-17-14-8-7-12(2)9-13(14)3/h7-9,16H,6,10-11H2,1-5H3. The quantitative estimate of drug-likeness (QED) is 0.816. The molecule has 0 unspecified atom stereocenters. The summed E-state index contributed by atoms with van der Waals surface area (Å²) in [6.07, 6.45) is 0. The molecule has 1 rings (SSSR count). The van der Waals surface area contributed by atoms with Crippen LogP contribution in [0.15, 0.2) is 18.2 Å². The van der Waals surface area contributed by atoms with Crippen LogP contribution in [0.3, 0.4) is 0 Å². The fourth-order valence-electron chi connectivity index (χ4n) is 1.75. The SMILES string of the molecule is CCNCC(C)(C)COc1ccc(C)cc1C. The molecular weight excluding hydrogens is 210 g/mol. The molecule has 0 fully saturated rings. The maximum Gasteiger partial charge on any atom is 0.122 e. The van der Waals surface area contributed by atoms with Crippen molar-refractivity contribution in [1.82, 2.24) is 5.32 Å². The van der Waals surface area contributed by atoms with Crippen LogP contribution in [0.25, 0.3) is 0 Å². The molecule has 2 nitrogen and oxygen atoms in total. The minimum Gasteiger partial charge on any atom is -0.493 e. The summed E-state index contributed by atoms with van der Waals surface area (Å²) in [4.78, 5) is 0. The van der Waals surface area contributed by atoms with Crippen molar-refractivity contribution in [1.29, 1.82) is 0 Å². The van der Waals surface area contributed by atoms with Gasteiger partial charge in [-0.05, 0) is 32.0 Å². The first-order valence-corrected chi connectivity index (χ1v) is 6.35. The van der Waals surface area contributed by atoms with Crippen molar-refractivity contribution in [3.8, 4) is 5.75 Å². The van der Waals surface area contributed by atoms with Crippen LogP contribution < -0.4 is 10.1 Å². The van der Waals surface area contributed by atoms with Crippen LogP contribution in [0.1, 0.15) is 31.9 Å². The molecule has 0 saturated carbocycles. The third-order valence-corrected chi connectivity index (χ3v) is 2.80. The van der Waals surface area contributed by atoms with E-state index in [9.17, 15) is 0 Å². The Morgan fingerprint density at radius 2 is 1.94 bits per heavy atom. The molecule has 0 aliphatic heterocycles. The van der Waals surface area contributed by atoms with Gasteiger partial charge in [-0.2, -0.15) is 0 Å². The highest BCUT2D eigenvalue weighted by atomic mass is 16.5. The van der Waals surface area contributed by atoms with E-state index >= 15 is 0 Å². The summed E-state index contributed by atoms with van der Waals surface area (Å²) < 4.78 is 5.91. The van der Waals surface area contributed by atoms with Gasteiger partial charge in [0, 0.05) is 12.0 Å². The molecule has 0 aliphatic carbocycles. The average Bonchev–Trinajstić information content (AvgIpc) is 2.25. The summed E-state index contributed by atoms with van der Waals surface area (Å²) >= 11 is 0. The van der Waals surface area contributed by atoms with E-state index in [-0.39, 0.29) is 5.41 Å². The van der Waals surface area contributed by atoms with E-state index in [4.69, 9.17) is 4.74 Å². The van der Waals surface area contributed by atoms with E-state index in [2.05, 4.69) is 58.1 Å². The number of hydrogen-bond acceptors (Lipinski definition) is 2. The Hall–Kier alpha value is -1.02. The van der Waals surface area contributed by atoms with Gasteiger partial charge < -0.3 is 10.1 Å².